The zero-order valence-corrected chi connectivity index (χ0v) is 16.4. The summed E-state index contributed by atoms with van der Waals surface area (Å²) < 4.78 is 51.9. The molecule has 30 heavy (non-hydrogen) atoms. The molecule has 176 valence electrons. The van der Waals surface area contributed by atoms with Crippen LogP contribution >= 0.6 is 0 Å². The van der Waals surface area contributed by atoms with Gasteiger partial charge in [0.1, 0.15) is 48.8 Å². The Kier molecular flexibility index (Phi) is 8.47. The van der Waals surface area contributed by atoms with Crippen LogP contribution < -0.4 is 5.32 Å². The van der Waals surface area contributed by atoms with Gasteiger partial charge in [0.2, 0.25) is 16.3 Å². The van der Waals surface area contributed by atoms with Crippen molar-refractivity contribution in [2.45, 2.75) is 68.3 Å². The number of hydrogen-bond acceptors (Lipinski definition) is 14. The van der Waals surface area contributed by atoms with Crippen molar-refractivity contribution in [3.05, 3.63) is 0 Å². The molecule has 0 aliphatic carbocycles. The monoisotopic (exact) mass is 462 g/mol. The van der Waals surface area contributed by atoms with Crippen LogP contribution in [0.1, 0.15) is 6.92 Å². The molecule has 0 aromatic carbocycles. The van der Waals surface area contributed by atoms with E-state index in [2.05, 4.69) is 9.50 Å². The van der Waals surface area contributed by atoms with Gasteiger partial charge >= 0.3 is 0 Å². The highest BCUT2D eigenvalue weighted by molar-refractivity contribution is 7.80. The quantitative estimate of drug-likeness (QED) is 0.138. The molecule has 0 bridgehead atoms. The normalized spacial score (nSPS) is 42.7. The first-order chi connectivity index (χ1) is 13.9. The molecule has 0 aromatic heterocycles. The Bertz CT molecular complexity index is 688. The van der Waals surface area contributed by atoms with Crippen molar-refractivity contribution in [3.8, 4) is 0 Å². The van der Waals surface area contributed by atoms with E-state index in [1.165, 1.54) is 0 Å². The average Bonchev–Trinajstić information content (AvgIpc) is 2.65. The van der Waals surface area contributed by atoms with E-state index in [1.54, 1.807) is 0 Å². The molecule has 2 heterocycles. The molecule has 2 aliphatic rings. The summed E-state index contributed by atoms with van der Waals surface area (Å²) in [6.45, 7) is -0.719. The first-order valence-electron chi connectivity index (χ1n) is 8.70. The minimum atomic E-state index is -5.19. The van der Waals surface area contributed by atoms with E-state index in [0.29, 0.717) is 0 Å². The summed E-state index contributed by atoms with van der Waals surface area (Å²) in [7, 11) is -5.19. The summed E-state index contributed by atoms with van der Waals surface area (Å²) in [5.74, 6) is -0.676. The molecule has 2 aliphatic heterocycles. The van der Waals surface area contributed by atoms with E-state index in [0.717, 1.165) is 6.92 Å². The molecule has 2 saturated heterocycles. The van der Waals surface area contributed by atoms with Gasteiger partial charge in [0.25, 0.3) is 0 Å². The second kappa shape index (κ2) is 10.1. The number of aliphatic hydroxyl groups excluding tert-OH is 6. The van der Waals surface area contributed by atoms with Crippen LogP contribution in [0.15, 0.2) is 0 Å². The number of ether oxygens (including phenoxy) is 3. The Morgan fingerprint density at radius 3 is 2.20 bits per heavy atom. The van der Waals surface area contributed by atoms with Gasteiger partial charge in [-0.2, -0.15) is 0 Å². The summed E-state index contributed by atoms with van der Waals surface area (Å²) in [5, 5.41) is 61.7. The van der Waals surface area contributed by atoms with Crippen LogP contribution in [0.4, 0.5) is 0 Å². The Morgan fingerprint density at radius 2 is 1.67 bits per heavy atom. The van der Waals surface area contributed by atoms with Crippen molar-refractivity contribution in [2.24, 2.45) is 0 Å². The summed E-state index contributed by atoms with van der Waals surface area (Å²) >= 11 is 0. The van der Waals surface area contributed by atoms with Crippen molar-refractivity contribution in [2.75, 3.05) is 13.2 Å². The Hall–Kier alpha value is -1.02. The van der Waals surface area contributed by atoms with Crippen molar-refractivity contribution < 1.29 is 66.8 Å². The summed E-state index contributed by atoms with van der Waals surface area (Å²) in [6, 6.07) is -1.47. The fraction of sp³-hybridized carbons (Fsp3) is 0.929. The molecule has 0 radical (unpaired) electrons. The molecular formula is C14H24NO14S-. The molecule has 15 nitrogen and oxygen atoms in total. The fourth-order valence-corrected chi connectivity index (χ4v) is 3.41. The molecule has 1 amide bonds. The third-order valence-corrected chi connectivity index (χ3v) is 5.00. The number of rotatable bonds is 7. The van der Waals surface area contributed by atoms with E-state index >= 15 is 0 Å². The Morgan fingerprint density at radius 1 is 1.03 bits per heavy atom. The van der Waals surface area contributed by atoms with Crippen molar-refractivity contribution >= 4 is 16.3 Å². The highest BCUT2D eigenvalue weighted by Gasteiger charge is 2.51. The van der Waals surface area contributed by atoms with E-state index in [-0.39, 0.29) is 0 Å². The number of amides is 1. The van der Waals surface area contributed by atoms with Crippen molar-refractivity contribution in [1.82, 2.24) is 5.32 Å². The Balaban J connectivity index is 2.25. The van der Waals surface area contributed by atoms with Crippen LogP contribution in [0, 0.1) is 0 Å². The predicted octanol–water partition coefficient (Wildman–Crippen LogP) is -5.77. The number of carbonyl (C=O) groups excluding carboxylic acids is 1. The lowest BCUT2D eigenvalue weighted by Gasteiger charge is -2.46. The van der Waals surface area contributed by atoms with Gasteiger partial charge in [-0.1, -0.05) is 0 Å². The first-order valence-corrected chi connectivity index (χ1v) is 10.0. The van der Waals surface area contributed by atoms with Crippen LogP contribution in [0.2, 0.25) is 0 Å². The van der Waals surface area contributed by atoms with Crippen molar-refractivity contribution in [1.29, 1.82) is 0 Å². The van der Waals surface area contributed by atoms with Crippen LogP contribution in [0.25, 0.3) is 0 Å². The summed E-state index contributed by atoms with van der Waals surface area (Å²) in [5.41, 5.74) is 0. The lowest BCUT2D eigenvalue weighted by Crippen LogP contribution is -2.67. The number of aliphatic hydroxyl groups is 6. The standard InChI is InChI=1S/C14H25NO14S/c1-4(17)15-7-9(19)12(6(27-13(7)22)3-26-30(23,24)25)29-14-11(21)10(20)8(18)5(2-16)28-14/h5-14,16,18-22H,2-3H2,1H3,(H,15,17)(H,23,24,25)/p-1/t5-,6-,7-,8+,9-,10+,11-,12-,13-,14+/m1/s1. The third kappa shape index (κ3) is 6.02. The average molecular weight is 462 g/mol. The summed E-state index contributed by atoms with van der Waals surface area (Å²) in [6.07, 6.45) is -15.5. The number of hydrogen-bond donors (Lipinski definition) is 7. The van der Waals surface area contributed by atoms with Gasteiger partial charge in [-0.25, -0.2) is 8.42 Å². The molecule has 7 N–H and O–H groups in total. The van der Waals surface area contributed by atoms with E-state index < -0.39 is 90.9 Å². The maximum Gasteiger partial charge on any atom is 0.217 e. The first kappa shape index (κ1) is 25.2. The summed E-state index contributed by atoms with van der Waals surface area (Å²) in [4.78, 5) is 11.3. The third-order valence-electron chi connectivity index (χ3n) is 4.58. The topological polar surface area (TPSA) is 245 Å². The van der Waals surface area contributed by atoms with Gasteiger partial charge in [-0.15, -0.1) is 0 Å². The molecule has 2 rings (SSSR count). The van der Waals surface area contributed by atoms with Crippen LogP contribution in [0.5, 0.6) is 0 Å². The van der Waals surface area contributed by atoms with Crippen LogP contribution in [-0.2, 0) is 33.6 Å². The molecule has 2 fully saturated rings. The molecule has 0 unspecified atom stereocenters. The lowest BCUT2D eigenvalue weighted by atomic mass is 9.95. The van der Waals surface area contributed by atoms with Crippen molar-refractivity contribution in [3.63, 3.8) is 0 Å². The highest BCUT2D eigenvalue weighted by Crippen LogP contribution is 2.29. The molecule has 0 saturated carbocycles. The second-order valence-corrected chi connectivity index (χ2v) is 7.82. The van der Waals surface area contributed by atoms with Gasteiger partial charge in [-0.3, -0.25) is 8.98 Å². The predicted molar refractivity (Wildman–Crippen MR) is 88.8 cm³/mol. The fourth-order valence-electron chi connectivity index (χ4n) is 3.11. The molecule has 0 spiro atoms. The highest BCUT2D eigenvalue weighted by atomic mass is 32.3. The molecular weight excluding hydrogens is 438 g/mol. The van der Waals surface area contributed by atoms with Crippen LogP contribution in [-0.4, -0.2) is 124 Å². The lowest BCUT2D eigenvalue weighted by molar-refractivity contribution is -0.344. The van der Waals surface area contributed by atoms with Gasteiger partial charge < -0.3 is 54.7 Å². The van der Waals surface area contributed by atoms with Crippen LogP contribution in [0.3, 0.4) is 0 Å². The second-order valence-electron chi connectivity index (χ2n) is 6.77. The van der Waals surface area contributed by atoms with E-state index in [4.69, 9.17) is 14.2 Å². The minimum Gasteiger partial charge on any atom is -0.726 e. The zero-order valence-electron chi connectivity index (χ0n) is 15.5. The maximum absolute atomic E-state index is 11.3. The number of carbonyl (C=O) groups is 1. The minimum absolute atomic E-state index is 0.676. The van der Waals surface area contributed by atoms with Gasteiger partial charge in [0, 0.05) is 6.92 Å². The molecule has 16 heteroatoms. The largest absolute Gasteiger partial charge is 0.726 e. The van der Waals surface area contributed by atoms with Gasteiger partial charge in [0.05, 0.1) is 13.2 Å². The zero-order chi connectivity index (χ0) is 22.8. The van der Waals surface area contributed by atoms with Gasteiger partial charge in [0.15, 0.2) is 12.6 Å². The van der Waals surface area contributed by atoms with E-state index in [9.17, 15) is 48.4 Å². The van der Waals surface area contributed by atoms with Gasteiger partial charge in [-0.05, 0) is 0 Å². The molecule has 0 aromatic rings. The SMILES string of the molecule is CC(=O)N[C@@H]1[C@@H](O)[C@H](O[C@@H]2O[C@H](CO)[C@H](O)[C@H](O)[C@H]2O)[C@@H](COS(=O)(=O)[O-])O[C@H]1O. The maximum atomic E-state index is 11.3. The Labute approximate surface area is 170 Å². The molecule has 10 atom stereocenters. The number of nitrogens with one attached hydrogen (secondary N) is 1. The van der Waals surface area contributed by atoms with E-state index in [1.807, 2.05) is 0 Å². The smallest absolute Gasteiger partial charge is 0.217 e.